The summed E-state index contributed by atoms with van der Waals surface area (Å²) in [7, 11) is 0. The number of esters is 1. The minimum Gasteiger partial charge on any atom is -0.462 e. The van der Waals surface area contributed by atoms with Crippen molar-refractivity contribution in [3.8, 4) is 0 Å². The van der Waals surface area contributed by atoms with Crippen LogP contribution in [0.25, 0.3) is 0 Å². The molecule has 0 radical (unpaired) electrons. The van der Waals surface area contributed by atoms with E-state index in [-0.39, 0.29) is 24.9 Å². The SMILES string of the molecule is CCCCC/C=C\C/C=C\C/C=C\CCCCCCCCC(=O)OC(CCC/C=C\CCCCCCCCC)CC(=O)NC(CO)C(O)CCCCCCCCCCCCCCCCC. The lowest BCUT2D eigenvalue weighted by Gasteiger charge is -2.24. The van der Waals surface area contributed by atoms with E-state index in [1.165, 1.54) is 167 Å². The predicted molar refractivity (Wildman–Crippen MR) is 282 cm³/mol. The number of hydrogen-bond acceptors (Lipinski definition) is 5. The second kappa shape index (κ2) is 52.8. The van der Waals surface area contributed by atoms with Crippen molar-refractivity contribution in [2.45, 2.75) is 309 Å². The number of nitrogens with one attached hydrogen (secondary N) is 1. The van der Waals surface area contributed by atoms with Gasteiger partial charge in [0.05, 0.1) is 25.2 Å². The van der Waals surface area contributed by atoms with Crippen molar-refractivity contribution in [3.05, 3.63) is 48.6 Å². The van der Waals surface area contributed by atoms with Gasteiger partial charge < -0.3 is 20.3 Å². The van der Waals surface area contributed by atoms with Crippen LogP contribution in [-0.4, -0.2) is 46.9 Å². The van der Waals surface area contributed by atoms with Crippen molar-refractivity contribution in [2.75, 3.05) is 6.61 Å². The molecule has 0 saturated carbocycles. The smallest absolute Gasteiger partial charge is 0.306 e. The van der Waals surface area contributed by atoms with Crippen LogP contribution in [0, 0.1) is 0 Å². The summed E-state index contributed by atoms with van der Waals surface area (Å²) in [6.45, 7) is 6.46. The maximum absolute atomic E-state index is 13.2. The van der Waals surface area contributed by atoms with Crippen LogP contribution in [0.3, 0.4) is 0 Å². The highest BCUT2D eigenvalue weighted by atomic mass is 16.5. The zero-order valence-electron chi connectivity index (χ0n) is 43.4. The summed E-state index contributed by atoms with van der Waals surface area (Å²) in [5.41, 5.74) is 0. The minimum atomic E-state index is -0.797. The van der Waals surface area contributed by atoms with E-state index < -0.39 is 18.2 Å². The molecule has 0 heterocycles. The highest BCUT2D eigenvalue weighted by Crippen LogP contribution is 2.18. The van der Waals surface area contributed by atoms with Crippen LogP contribution in [0.15, 0.2) is 48.6 Å². The first-order valence-corrected chi connectivity index (χ1v) is 28.4. The van der Waals surface area contributed by atoms with Crippen LogP contribution in [0.5, 0.6) is 0 Å². The zero-order chi connectivity index (χ0) is 47.4. The second-order valence-electron chi connectivity index (χ2n) is 19.3. The van der Waals surface area contributed by atoms with Gasteiger partial charge in [-0.2, -0.15) is 0 Å². The molecule has 6 heteroatoms. The Hall–Kier alpha value is -2.18. The number of aliphatic hydroxyl groups is 2. The van der Waals surface area contributed by atoms with Gasteiger partial charge in [0.25, 0.3) is 0 Å². The van der Waals surface area contributed by atoms with Crippen molar-refractivity contribution in [2.24, 2.45) is 0 Å². The topological polar surface area (TPSA) is 95.9 Å². The highest BCUT2D eigenvalue weighted by molar-refractivity contribution is 5.77. The quantitative estimate of drug-likeness (QED) is 0.0321. The molecule has 380 valence electrons. The number of aliphatic hydroxyl groups excluding tert-OH is 2. The average Bonchev–Trinajstić information content (AvgIpc) is 3.30. The van der Waals surface area contributed by atoms with Crippen molar-refractivity contribution < 1.29 is 24.5 Å². The molecule has 65 heavy (non-hydrogen) atoms. The number of unbranched alkanes of at least 4 members (excludes halogenated alkanes) is 31. The van der Waals surface area contributed by atoms with Gasteiger partial charge >= 0.3 is 5.97 Å². The lowest BCUT2D eigenvalue weighted by Crippen LogP contribution is -2.46. The maximum atomic E-state index is 13.2. The summed E-state index contributed by atoms with van der Waals surface area (Å²) in [5, 5.41) is 23.8. The van der Waals surface area contributed by atoms with Gasteiger partial charge in [-0.15, -0.1) is 0 Å². The van der Waals surface area contributed by atoms with Crippen LogP contribution in [0.2, 0.25) is 0 Å². The van der Waals surface area contributed by atoms with E-state index in [1.807, 2.05) is 0 Å². The molecule has 0 aromatic rings. The van der Waals surface area contributed by atoms with Crippen LogP contribution in [0.4, 0.5) is 0 Å². The van der Waals surface area contributed by atoms with Crippen LogP contribution in [0.1, 0.15) is 290 Å². The molecule has 6 nitrogen and oxygen atoms in total. The van der Waals surface area contributed by atoms with E-state index in [1.54, 1.807) is 0 Å². The summed E-state index contributed by atoms with van der Waals surface area (Å²) in [5.74, 6) is -0.509. The number of amides is 1. The lowest BCUT2D eigenvalue weighted by atomic mass is 10.0. The summed E-state index contributed by atoms with van der Waals surface area (Å²) >= 11 is 0. The highest BCUT2D eigenvalue weighted by Gasteiger charge is 2.24. The molecular weight excluding hydrogens is 803 g/mol. The fourth-order valence-electron chi connectivity index (χ4n) is 8.56. The third-order valence-corrected chi connectivity index (χ3v) is 12.9. The maximum Gasteiger partial charge on any atom is 0.306 e. The van der Waals surface area contributed by atoms with Crippen molar-refractivity contribution in [3.63, 3.8) is 0 Å². The van der Waals surface area contributed by atoms with Crippen LogP contribution in [-0.2, 0) is 14.3 Å². The van der Waals surface area contributed by atoms with Gasteiger partial charge in [0, 0.05) is 6.42 Å². The minimum absolute atomic E-state index is 0.0525. The van der Waals surface area contributed by atoms with E-state index in [4.69, 9.17) is 4.74 Å². The Kier molecular flexibility index (Phi) is 51.0. The summed E-state index contributed by atoms with van der Waals surface area (Å²) in [6.07, 6.45) is 64.6. The van der Waals surface area contributed by atoms with Crippen LogP contribution < -0.4 is 5.32 Å². The third-order valence-electron chi connectivity index (χ3n) is 12.9. The summed E-state index contributed by atoms with van der Waals surface area (Å²) in [6, 6.07) is -0.712. The fourth-order valence-corrected chi connectivity index (χ4v) is 8.56. The Morgan fingerprint density at radius 1 is 0.446 bits per heavy atom. The first-order chi connectivity index (χ1) is 32.0. The summed E-state index contributed by atoms with van der Waals surface area (Å²) in [4.78, 5) is 26.2. The van der Waals surface area contributed by atoms with Crippen molar-refractivity contribution >= 4 is 11.9 Å². The van der Waals surface area contributed by atoms with Gasteiger partial charge in [-0.05, 0) is 83.5 Å². The average molecular weight is 913 g/mol. The molecule has 1 amide bonds. The standard InChI is InChI=1S/C59H109NO5/c1-4-7-10-13-16-19-22-25-27-28-29-30-32-34-37-40-43-46-49-52-59(64)65-55(50-47-44-41-38-35-24-21-18-15-12-9-6-3)53-58(63)60-56(54-61)57(62)51-48-45-42-39-36-33-31-26-23-20-17-14-11-8-5-2/h16,19,25,27,29-30,38,41,55-57,61-62H,4-15,17-18,20-24,26,28,31-37,39-40,42-54H2,1-3H3,(H,60,63)/b19-16-,27-25-,30-29-,41-38-. The third kappa shape index (κ3) is 48.1. The molecule has 0 aliphatic carbocycles. The largest absolute Gasteiger partial charge is 0.462 e. The summed E-state index contributed by atoms with van der Waals surface area (Å²) < 4.78 is 5.93. The van der Waals surface area contributed by atoms with E-state index in [0.717, 1.165) is 77.0 Å². The molecule has 0 aromatic heterocycles. The van der Waals surface area contributed by atoms with E-state index >= 15 is 0 Å². The molecule has 0 aliphatic heterocycles. The number of carbonyl (C=O) groups excluding carboxylic acids is 2. The Bertz CT molecular complexity index is 1110. The normalized spacial score (nSPS) is 13.5. The molecular formula is C59H109NO5. The molecule has 0 fully saturated rings. The molecule has 0 aliphatic rings. The number of allylic oxidation sites excluding steroid dienone is 8. The van der Waals surface area contributed by atoms with Crippen LogP contribution >= 0.6 is 0 Å². The number of hydrogen-bond donors (Lipinski definition) is 3. The van der Waals surface area contributed by atoms with Gasteiger partial charge in [0.1, 0.15) is 6.10 Å². The predicted octanol–water partition coefficient (Wildman–Crippen LogP) is 17.4. The number of ether oxygens (including phenoxy) is 1. The Morgan fingerprint density at radius 2 is 0.800 bits per heavy atom. The molecule has 0 spiro atoms. The number of carbonyl (C=O) groups is 2. The van der Waals surface area contributed by atoms with Gasteiger partial charge in [-0.3, -0.25) is 9.59 Å². The number of rotatable bonds is 51. The monoisotopic (exact) mass is 912 g/mol. The molecule has 3 atom stereocenters. The van der Waals surface area contributed by atoms with Crippen molar-refractivity contribution in [1.29, 1.82) is 0 Å². The first-order valence-electron chi connectivity index (χ1n) is 28.4. The molecule has 3 N–H and O–H groups in total. The first kappa shape index (κ1) is 62.8. The van der Waals surface area contributed by atoms with E-state index in [9.17, 15) is 19.8 Å². The van der Waals surface area contributed by atoms with Crippen molar-refractivity contribution in [1.82, 2.24) is 5.32 Å². The Labute approximate surface area is 404 Å². The fraction of sp³-hybridized carbons (Fsp3) is 0.831. The Morgan fingerprint density at radius 3 is 1.26 bits per heavy atom. The molecule has 0 bridgehead atoms. The molecule has 0 rings (SSSR count). The van der Waals surface area contributed by atoms with Gasteiger partial charge in [-0.1, -0.05) is 243 Å². The van der Waals surface area contributed by atoms with E-state index in [0.29, 0.717) is 19.3 Å². The molecule has 0 saturated heterocycles. The Balaban J connectivity index is 4.54. The molecule has 0 aromatic carbocycles. The lowest BCUT2D eigenvalue weighted by molar-refractivity contribution is -0.151. The van der Waals surface area contributed by atoms with Gasteiger partial charge in [-0.25, -0.2) is 0 Å². The van der Waals surface area contributed by atoms with Gasteiger partial charge in [0.2, 0.25) is 5.91 Å². The second-order valence-corrected chi connectivity index (χ2v) is 19.3. The molecule has 3 unspecified atom stereocenters. The van der Waals surface area contributed by atoms with E-state index in [2.05, 4.69) is 74.7 Å². The zero-order valence-corrected chi connectivity index (χ0v) is 43.4. The van der Waals surface area contributed by atoms with Gasteiger partial charge in [0.15, 0.2) is 0 Å².